The first-order chi connectivity index (χ1) is 4.16. The summed E-state index contributed by atoms with van der Waals surface area (Å²) < 4.78 is 10.7. The molecule has 0 aromatic carbocycles. The molecular weight excluding hydrogens is 136 g/mol. The summed E-state index contributed by atoms with van der Waals surface area (Å²) in [5.41, 5.74) is 0. The van der Waals surface area contributed by atoms with Crippen LogP contribution < -0.4 is 0 Å². The monoisotopic (exact) mass is 148 g/mol. The maximum atomic E-state index is 10.7. The summed E-state index contributed by atoms with van der Waals surface area (Å²) in [6, 6.07) is 0. The number of carbonyl (C=O) groups excluding carboxylic acids is 1. The van der Waals surface area contributed by atoms with Crippen LogP contribution in [0.5, 0.6) is 0 Å². The van der Waals surface area contributed by atoms with Gasteiger partial charge in [0.2, 0.25) is 0 Å². The molecule has 0 rings (SSSR count). The average molecular weight is 148 g/mol. The van der Waals surface area contributed by atoms with Crippen molar-refractivity contribution < 1.29 is 9.00 Å². The molecule has 1 atom stereocenters. The average Bonchev–Trinajstić information content (AvgIpc) is 1.63. The molecule has 0 fully saturated rings. The molecule has 0 saturated heterocycles. The molecule has 0 aromatic heterocycles. The van der Waals surface area contributed by atoms with Crippen LogP contribution in [-0.4, -0.2) is 22.0 Å². The molecule has 0 heterocycles. The number of aldehydes is 1. The first-order valence-electron chi connectivity index (χ1n) is 2.95. The van der Waals surface area contributed by atoms with Crippen LogP contribution in [0.25, 0.3) is 0 Å². The second-order valence-electron chi connectivity index (χ2n) is 2.33. The number of hydrogen-bond donors (Lipinski definition) is 0. The topological polar surface area (TPSA) is 34.1 Å². The smallest absolute Gasteiger partial charge is 0.132 e. The van der Waals surface area contributed by atoms with Crippen molar-refractivity contribution in [1.82, 2.24) is 0 Å². The fraction of sp³-hybridized carbons (Fsp3) is 0.833. The van der Waals surface area contributed by atoms with Crippen molar-refractivity contribution in [1.29, 1.82) is 0 Å². The third kappa shape index (κ3) is 5.69. The van der Waals surface area contributed by atoms with Crippen molar-refractivity contribution in [2.75, 3.05) is 11.5 Å². The van der Waals surface area contributed by atoms with Crippen LogP contribution in [0.2, 0.25) is 0 Å². The Kier molecular flexibility index (Phi) is 4.58. The van der Waals surface area contributed by atoms with Gasteiger partial charge in [0.05, 0.1) is 5.75 Å². The highest BCUT2D eigenvalue weighted by Crippen LogP contribution is 1.94. The Morgan fingerprint density at radius 3 is 2.44 bits per heavy atom. The van der Waals surface area contributed by atoms with Crippen LogP contribution in [0.3, 0.4) is 0 Å². The van der Waals surface area contributed by atoms with Crippen molar-refractivity contribution >= 4 is 17.1 Å². The Bertz CT molecular complexity index is 110. The predicted octanol–water partition coefficient (Wildman–Crippen LogP) is 0.590. The second kappa shape index (κ2) is 4.68. The lowest BCUT2D eigenvalue weighted by Crippen LogP contribution is -2.08. The van der Waals surface area contributed by atoms with Gasteiger partial charge in [0.15, 0.2) is 0 Å². The minimum Gasteiger partial charge on any atom is -0.302 e. The molecule has 0 aliphatic rings. The quantitative estimate of drug-likeness (QED) is 0.547. The van der Waals surface area contributed by atoms with E-state index in [0.29, 0.717) is 18.0 Å². The van der Waals surface area contributed by atoms with Gasteiger partial charge in [-0.2, -0.15) is 0 Å². The van der Waals surface area contributed by atoms with Crippen LogP contribution in [0.4, 0.5) is 0 Å². The van der Waals surface area contributed by atoms with Gasteiger partial charge < -0.3 is 4.79 Å². The highest BCUT2D eigenvalue weighted by Gasteiger charge is 2.00. The predicted molar refractivity (Wildman–Crippen MR) is 38.8 cm³/mol. The van der Waals surface area contributed by atoms with Crippen molar-refractivity contribution in [3.05, 3.63) is 0 Å². The van der Waals surface area contributed by atoms with E-state index in [4.69, 9.17) is 0 Å². The van der Waals surface area contributed by atoms with Gasteiger partial charge in [-0.1, -0.05) is 13.8 Å². The van der Waals surface area contributed by atoms with E-state index < -0.39 is 10.8 Å². The Labute approximate surface area is 58.1 Å². The summed E-state index contributed by atoms with van der Waals surface area (Å²) in [6.07, 6.45) is 0.707. The Morgan fingerprint density at radius 2 is 2.11 bits per heavy atom. The maximum Gasteiger partial charge on any atom is 0.132 e. The Morgan fingerprint density at radius 1 is 1.56 bits per heavy atom. The van der Waals surface area contributed by atoms with Gasteiger partial charge >= 0.3 is 0 Å². The van der Waals surface area contributed by atoms with Gasteiger partial charge in [0.1, 0.15) is 6.29 Å². The van der Waals surface area contributed by atoms with Gasteiger partial charge in [-0.15, -0.1) is 0 Å². The second-order valence-corrected chi connectivity index (χ2v) is 3.88. The van der Waals surface area contributed by atoms with Crippen molar-refractivity contribution in [2.45, 2.75) is 13.8 Å². The Balaban J connectivity index is 3.38. The lowest BCUT2D eigenvalue weighted by atomic mass is 10.3. The van der Waals surface area contributed by atoms with Gasteiger partial charge in [-0.25, -0.2) is 0 Å². The molecule has 1 unspecified atom stereocenters. The van der Waals surface area contributed by atoms with Crippen molar-refractivity contribution in [2.24, 2.45) is 5.92 Å². The molecule has 0 saturated carbocycles. The minimum atomic E-state index is -0.918. The van der Waals surface area contributed by atoms with Crippen LogP contribution in [-0.2, 0) is 15.6 Å². The Hall–Kier alpha value is -0.180. The van der Waals surface area contributed by atoms with E-state index in [9.17, 15) is 9.00 Å². The summed E-state index contributed by atoms with van der Waals surface area (Å²) in [4.78, 5) is 9.80. The lowest BCUT2D eigenvalue weighted by molar-refractivity contribution is -0.105. The van der Waals surface area contributed by atoms with Gasteiger partial charge in [0, 0.05) is 16.6 Å². The van der Waals surface area contributed by atoms with Gasteiger partial charge in [-0.3, -0.25) is 4.21 Å². The zero-order valence-corrected chi connectivity index (χ0v) is 6.61. The summed E-state index contributed by atoms with van der Waals surface area (Å²) in [5, 5.41) is 0. The highest BCUT2D eigenvalue weighted by atomic mass is 32.2. The molecule has 0 aromatic rings. The maximum absolute atomic E-state index is 10.7. The molecule has 0 amide bonds. The third-order valence-electron chi connectivity index (χ3n) is 0.773. The van der Waals surface area contributed by atoms with E-state index in [1.54, 1.807) is 0 Å². The van der Waals surface area contributed by atoms with Gasteiger partial charge in [0.25, 0.3) is 0 Å². The summed E-state index contributed by atoms with van der Waals surface area (Å²) in [5.74, 6) is 1.25. The zero-order valence-electron chi connectivity index (χ0n) is 5.79. The van der Waals surface area contributed by atoms with Crippen LogP contribution in [0, 0.1) is 5.92 Å². The molecule has 0 bridgehead atoms. The van der Waals surface area contributed by atoms with E-state index in [1.165, 1.54) is 0 Å². The molecular formula is C6H12O2S. The van der Waals surface area contributed by atoms with E-state index in [0.717, 1.165) is 0 Å². The molecule has 0 spiro atoms. The SMILES string of the molecule is CC(C)CS(=O)CC=O. The molecule has 3 heteroatoms. The highest BCUT2D eigenvalue weighted by molar-refractivity contribution is 7.85. The molecule has 0 radical (unpaired) electrons. The molecule has 2 nitrogen and oxygen atoms in total. The lowest BCUT2D eigenvalue weighted by Gasteiger charge is -1.99. The van der Waals surface area contributed by atoms with E-state index in [-0.39, 0.29) is 5.75 Å². The van der Waals surface area contributed by atoms with E-state index >= 15 is 0 Å². The molecule has 9 heavy (non-hydrogen) atoms. The van der Waals surface area contributed by atoms with E-state index in [2.05, 4.69) is 0 Å². The first kappa shape index (κ1) is 8.82. The summed E-state index contributed by atoms with van der Waals surface area (Å²) >= 11 is 0. The fourth-order valence-corrected chi connectivity index (χ4v) is 1.55. The van der Waals surface area contributed by atoms with Crippen molar-refractivity contribution in [3.8, 4) is 0 Å². The fourth-order valence-electron chi connectivity index (χ4n) is 0.516. The molecule has 0 aliphatic carbocycles. The largest absolute Gasteiger partial charge is 0.302 e. The molecule has 0 N–H and O–H groups in total. The zero-order chi connectivity index (χ0) is 7.28. The van der Waals surface area contributed by atoms with Crippen molar-refractivity contribution in [3.63, 3.8) is 0 Å². The number of hydrogen-bond acceptors (Lipinski definition) is 2. The minimum absolute atomic E-state index is 0.193. The van der Waals surface area contributed by atoms with Crippen LogP contribution in [0.1, 0.15) is 13.8 Å². The summed E-state index contributed by atoms with van der Waals surface area (Å²) in [7, 11) is -0.918. The first-order valence-corrected chi connectivity index (χ1v) is 4.44. The molecule has 0 aliphatic heterocycles. The molecule has 54 valence electrons. The van der Waals surface area contributed by atoms with E-state index in [1.807, 2.05) is 13.8 Å². The van der Waals surface area contributed by atoms with Crippen LogP contribution in [0.15, 0.2) is 0 Å². The number of rotatable bonds is 4. The van der Waals surface area contributed by atoms with Gasteiger partial charge in [-0.05, 0) is 5.92 Å². The number of carbonyl (C=O) groups is 1. The third-order valence-corrected chi connectivity index (χ3v) is 2.32. The van der Waals surface area contributed by atoms with Crippen LogP contribution >= 0.6 is 0 Å². The standard InChI is InChI=1S/C6H12O2S/c1-6(2)5-9(8)4-3-7/h3,6H,4-5H2,1-2H3. The normalized spacial score (nSPS) is 13.7. The summed E-state index contributed by atoms with van der Waals surface area (Å²) in [6.45, 7) is 3.98.